The van der Waals surface area contributed by atoms with Crippen molar-refractivity contribution in [2.45, 2.75) is 6.54 Å². The van der Waals surface area contributed by atoms with E-state index in [2.05, 4.69) is 40.9 Å². The van der Waals surface area contributed by atoms with Crippen LogP contribution in [0.25, 0.3) is 5.70 Å². The van der Waals surface area contributed by atoms with Gasteiger partial charge in [-0.2, -0.15) is 0 Å². The van der Waals surface area contributed by atoms with E-state index in [0.29, 0.717) is 5.70 Å². The van der Waals surface area contributed by atoms with E-state index in [4.69, 9.17) is 0 Å². The molecule has 3 rings (SSSR count). The second-order valence-corrected chi connectivity index (χ2v) is 6.68. The average Bonchev–Trinajstić information content (AvgIpc) is 2.73. The minimum atomic E-state index is -0.00792. The molecule has 2 aromatic carbocycles. The Labute approximate surface area is 161 Å². The Kier molecular flexibility index (Phi) is 6.39. The number of hydrogen-bond acceptors (Lipinski definition) is 3. The van der Waals surface area contributed by atoms with Crippen LogP contribution in [0.1, 0.15) is 11.1 Å². The zero-order chi connectivity index (χ0) is 19.1. The molecule has 0 N–H and O–H groups in total. The molecular formula is C22H26N4O. The van der Waals surface area contributed by atoms with Crippen molar-refractivity contribution in [1.29, 1.82) is 0 Å². The first-order valence-electron chi connectivity index (χ1n) is 9.19. The molecule has 27 heavy (non-hydrogen) atoms. The Balaban J connectivity index is 1.57. The largest absolute Gasteiger partial charge is 0.323 e. The van der Waals surface area contributed by atoms with Crippen molar-refractivity contribution < 1.29 is 4.79 Å². The quantitative estimate of drug-likeness (QED) is 0.763. The lowest BCUT2D eigenvalue weighted by Crippen LogP contribution is -2.50. The first-order chi connectivity index (χ1) is 13.2. The van der Waals surface area contributed by atoms with Gasteiger partial charge in [-0.1, -0.05) is 60.7 Å². The van der Waals surface area contributed by atoms with Gasteiger partial charge in [-0.15, -0.1) is 0 Å². The summed E-state index contributed by atoms with van der Waals surface area (Å²) in [6, 6.07) is 20.2. The standard InChI is InChI=1S/C22H26N4O/c1-23-21(20-11-7-4-8-12-20)18-24(2)22(27)26-15-13-25(14-16-26)17-19-9-5-3-6-10-19/h3-12,18H,1,13-17H2,2H3. The zero-order valence-electron chi connectivity index (χ0n) is 15.8. The minimum absolute atomic E-state index is 0.00792. The third-order valence-electron chi connectivity index (χ3n) is 4.75. The third-order valence-corrected chi connectivity index (χ3v) is 4.75. The van der Waals surface area contributed by atoms with Crippen LogP contribution in [-0.4, -0.2) is 60.7 Å². The van der Waals surface area contributed by atoms with Gasteiger partial charge >= 0.3 is 6.03 Å². The molecule has 0 aromatic heterocycles. The SMILES string of the molecule is C=NC(=CN(C)C(=O)N1CCN(Cc2ccccc2)CC1)c1ccccc1. The van der Waals surface area contributed by atoms with E-state index in [-0.39, 0.29) is 6.03 Å². The van der Waals surface area contributed by atoms with E-state index in [1.165, 1.54) is 5.56 Å². The lowest BCUT2D eigenvalue weighted by atomic mass is 10.2. The predicted molar refractivity (Wildman–Crippen MR) is 110 cm³/mol. The number of benzene rings is 2. The van der Waals surface area contributed by atoms with Crippen LogP contribution < -0.4 is 0 Å². The maximum atomic E-state index is 12.8. The van der Waals surface area contributed by atoms with Crippen molar-refractivity contribution in [2.75, 3.05) is 33.2 Å². The molecule has 140 valence electrons. The highest BCUT2D eigenvalue weighted by molar-refractivity contribution is 5.78. The molecule has 0 bridgehead atoms. The molecule has 0 unspecified atom stereocenters. The Morgan fingerprint density at radius 3 is 2.22 bits per heavy atom. The minimum Gasteiger partial charge on any atom is -0.322 e. The van der Waals surface area contributed by atoms with E-state index in [1.807, 2.05) is 41.3 Å². The normalized spacial score (nSPS) is 15.4. The van der Waals surface area contributed by atoms with Gasteiger partial charge in [0.05, 0.1) is 5.70 Å². The summed E-state index contributed by atoms with van der Waals surface area (Å²) in [6.45, 7) is 7.78. The van der Waals surface area contributed by atoms with E-state index in [9.17, 15) is 4.79 Å². The fraction of sp³-hybridized carbons (Fsp3) is 0.273. The second kappa shape index (κ2) is 9.14. The molecule has 5 heteroatoms. The van der Waals surface area contributed by atoms with Crippen molar-refractivity contribution in [3.63, 3.8) is 0 Å². The number of rotatable bonds is 5. The van der Waals surface area contributed by atoms with Crippen molar-refractivity contribution in [3.05, 3.63) is 78.0 Å². The topological polar surface area (TPSA) is 39.2 Å². The number of urea groups is 1. The van der Waals surface area contributed by atoms with Gasteiger partial charge in [-0.25, -0.2) is 4.79 Å². The molecule has 1 fully saturated rings. The number of nitrogens with zero attached hydrogens (tertiary/aromatic N) is 4. The third kappa shape index (κ3) is 5.05. The van der Waals surface area contributed by atoms with Crippen LogP contribution in [0.2, 0.25) is 0 Å². The van der Waals surface area contributed by atoms with Crippen LogP contribution in [0.3, 0.4) is 0 Å². The van der Waals surface area contributed by atoms with Crippen LogP contribution in [0, 0.1) is 0 Å². The van der Waals surface area contributed by atoms with E-state index < -0.39 is 0 Å². The van der Waals surface area contributed by atoms with Gasteiger partial charge in [0.25, 0.3) is 0 Å². The summed E-state index contributed by atoms with van der Waals surface area (Å²) in [7, 11) is 1.77. The summed E-state index contributed by atoms with van der Waals surface area (Å²) in [5.74, 6) is 0. The Morgan fingerprint density at radius 2 is 1.63 bits per heavy atom. The Bertz CT molecular complexity index is 780. The molecule has 0 saturated carbocycles. The monoisotopic (exact) mass is 362 g/mol. The maximum absolute atomic E-state index is 12.8. The lowest BCUT2D eigenvalue weighted by molar-refractivity contribution is 0.123. The highest BCUT2D eigenvalue weighted by atomic mass is 16.2. The summed E-state index contributed by atoms with van der Waals surface area (Å²) in [5, 5.41) is 0. The molecule has 1 heterocycles. The number of carbonyl (C=O) groups excluding carboxylic acids is 1. The van der Waals surface area contributed by atoms with Crippen molar-refractivity contribution in [2.24, 2.45) is 4.99 Å². The number of piperazine rings is 1. The maximum Gasteiger partial charge on any atom is 0.323 e. The van der Waals surface area contributed by atoms with Crippen LogP contribution in [0.15, 0.2) is 71.9 Å². The van der Waals surface area contributed by atoms with E-state index in [0.717, 1.165) is 38.3 Å². The molecule has 2 aromatic rings. The number of carbonyl (C=O) groups is 1. The molecule has 1 saturated heterocycles. The summed E-state index contributed by atoms with van der Waals surface area (Å²) in [5.41, 5.74) is 2.94. The van der Waals surface area contributed by atoms with Gasteiger partial charge in [0, 0.05) is 51.5 Å². The summed E-state index contributed by atoms with van der Waals surface area (Å²) >= 11 is 0. The first-order valence-corrected chi connectivity index (χ1v) is 9.19. The molecule has 0 atom stereocenters. The van der Waals surface area contributed by atoms with Crippen molar-refractivity contribution in [3.8, 4) is 0 Å². The summed E-state index contributed by atoms with van der Waals surface area (Å²) in [4.78, 5) is 22.7. The smallest absolute Gasteiger partial charge is 0.322 e. The number of aliphatic imine (C=N–C) groups is 1. The van der Waals surface area contributed by atoms with Gasteiger partial charge < -0.3 is 9.80 Å². The highest BCUT2D eigenvalue weighted by Gasteiger charge is 2.23. The molecule has 0 spiro atoms. The number of amides is 2. The van der Waals surface area contributed by atoms with E-state index in [1.54, 1.807) is 18.1 Å². The second-order valence-electron chi connectivity index (χ2n) is 6.68. The molecule has 0 aliphatic carbocycles. The van der Waals surface area contributed by atoms with Crippen molar-refractivity contribution >= 4 is 18.4 Å². The predicted octanol–water partition coefficient (Wildman–Crippen LogP) is 3.56. The van der Waals surface area contributed by atoms with Gasteiger partial charge in [-0.3, -0.25) is 9.89 Å². The zero-order valence-corrected chi connectivity index (χ0v) is 15.8. The Hall–Kier alpha value is -2.92. The number of hydrogen-bond donors (Lipinski definition) is 0. The van der Waals surface area contributed by atoms with Crippen LogP contribution >= 0.6 is 0 Å². The van der Waals surface area contributed by atoms with Crippen LogP contribution in [0.5, 0.6) is 0 Å². The fourth-order valence-corrected chi connectivity index (χ4v) is 3.22. The molecule has 2 amide bonds. The molecule has 5 nitrogen and oxygen atoms in total. The van der Waals surface area contributed by atoms with Gasteiger partial charge in [0.2, 0.25) is 0 Å². The molecule has 1 aliphatic heterocycles. The molecular weight excluding hydrogens is 336 g/mol. The van der Waals surface area contributed by atoms with E-state index >= 15 is 0 Å². The fourth-order valence-electron chi connectivity index (χ4n) is 3.22. The van der Waals surface area contributed by atoms with Gasteiger partial charge in [-0.05, 0) is 12.3 Å². The summed E-state index contributed by atoms with van der Waals surface area (Å²) < 4.78 is 0. The molecule has 0 radical (unpaired) electrons. The summed E-state index contributed by atoms with van der Waals surface area (Å²) in [6.07, 6.45) is 1.75. The first kappa shape index (κ1) is 18.9. The van der Waals surface area contributed by atoms with Crippen LogP contribution in [-0.2, 0) is 6.54 Å². The average molecular weight is 362 g/mol. The van der Waals surface area contributed by atoms with Crippen LogP contribution in [0.4, 0.5) is 4.79 Å². The molecule has 1 aliphatic rings. The lowest BCUT2D eigenvalue weighted by Gasteiger charge is -2.36. The van der Waals surface area contributed by atoms with Gasteiger partial charge in [0.1, 0.15) is 0 Å². The highest BCUT2D eigenvalue weighted by Crippen LogP contribution is 2.16. The van der Waals surface area contributed by atoms with Crippen molar-refractivity contribution in [1.82, 2.24) is 14.7 Å². The van der Waals surface area contributed by atoms with Gasteiger partial charge in [0.15, 0.2) is 0 Å². The Morgan fingerprint density at radius 1 is 1.04 bits per heavy atom.